The lowest BCUT2D eigenvalue weighted by molar-refractivity contribution is 0.0951. The zero-order valence-electron chi connectivity index (χ0n) is 26.9. The fourth-order valence-corrected chi connectivity index (χ4v) is 5.26. The van der Waals surface area contributed by atoms with Crippen molar-refractivity contribution in [3.05, 3.63) is 59.9 Å². The number of primary amides is 1. The number of nitrogens with zero attached hydrogens (tertiary/aromatic N) is 7. The van der Waals surface area contributed by atoms with Gasteiger partial charge in [0, 0.05) is 74.9 Å². The van der Waals surface area contributed by atoms with Gasteiger partial charge < -0.3 is 41.1 Å². The molecule has 3 aromatic rings. The average Bonchev–Trinajstić information content (AvgIpc) is 3.31. The number of anilines is 3. The van der Waals surface area contributed by atoms with Crippen LogP contribution in [-0.4, -0.2) is 127 Å². The minimum absolute atomic E-state index is 0.163. The molecule has 0 bridgehead atoms. The number of urea groups is 2. The van der Waals surface area contributed by atoms with Crippen molar-refractivity contribution in [2.45, 2.75) is 13.0 Å². The Morgan fingerprint density at radius 3 is 2.19 bits per heavy atom. The van der Waals surface area contributed by atoms with Gasteiger partial charge in [-0.1, -0.05) is 0 Å². The summed E-state index contributed by atoms with van der Waals surface area (Å²) in [4.78, 5) is 59.1. The molecule has 47 heavy (non-hydrogen) atoms. The lowest BCUT2D eigenvalue weighted by atomic mass is 10.2. The molecule has 1 aromatic heterocycles. The second-order valence-corrected chi connectivity index (χ2v) is 11.7. The van der Waals surface area contributed by atoms with Crippen molar-refractivity contribution in [1.82, 2.24) is 35.0 Å². The molecule has 2 fully saturated rings. The number of morpholine rings is 1. The van der Waals surface area contributed by atoms with Gasteiger partial charge in [-0.2, -0.15) is 9.97 Å². The molecule has 2 aromatic carbocycles. The smallest absolute Gasteiger partial charge is 0.323 e. The van der Waals surface area contributed by atoms with Crippen molar-refractivity contribution in [1.29, 1.82) is 0 Å². The van der Waals surface area contributed by atoms with Crippen molar-refractivity contribution in [2.24, 2.45) is 5.73 Å². The van der Waals surface area contributed by atoms with Gasteiger partial charge in [0.15, 0.2) is 5.82 Å². The second kappa shape index (κ2) is 16.1. The normalized spacial score (nSPS) is 15.6. The minimum Gasteiger partial charge on any atom is -0.378 e. The van der Waals surface area contributed by atoms with Crippen molar-refractivity contribution >= 4 is 35.3 Å². The maximum absolute atomic E-state index is 12.7. The van der Waals surface area contributed by atoms with E-state index in [1.165, 1.54) is 0 Å². The predicted molar refractivity (Wildman–Crippen MR) is 179 cm³/mol. The Labute approximate surface area is 274 Å². The van der Waals surface area contributed by atoms with E-state index in [9.17, 15) is 14.4 Å². The lowest BCUT2D eigenvalue weighted by Crippen LogP contribution is -2.39. The van der Waals surface area contributed by atoms with E-state index in [1.807, 2.05) is 31.1 Å². The van der Waals surface area contributed by atoms with Gasteiger partial charge in [0.25, 0.3) is 5.91 Å². The topological polar surface area (TPSA) is 174 Å². The van der Waals surface area contributed by atoms with Crippen LogP contribution in [0.4, 0.5) is 26.9 Å². The lowest BCUT2D eigenvalue weighted by Gasteiger charge is -2.27. The molecule has 0 radical (unpaired) electrons. The molecule has 3 heterocycles. The first-order chi connectivity index (χ1) is 22.7. The van der Waals surface area contributed by atoms with Crippen LogP contribution in [0.3, 0.4) is 0 Å². The molecule has 0 spiro atoms. The van der Waals surface area contributed by atoms with E-state index in [-0.39, 0.29) is 5.91 Å². The summed E-state index contributed by atoms with van der Waals surface area (Å²) >= 11 is 0. The Morgan fingerprint density at radius 1 is 0.851 bits per heavy atom. The Balaban J connectivity index is 1.22. The highest BCUT2D eigenvalue weighted by Crippen LogP contribution is 2.22. The van der Waals surface area contributed by atoms with Crippen LogP contribution < -0.4 is 26.6 Å². The first-order valence-electron chi connectivity index (χ1n) is 15.8. The van der Waals surface area contributed by atoms with Gasteiger partial charge in [-0.05, 0) is 69.0 Å². The molecule has 5 rings (SSSR count). The number of hydrogen-bond acceptors (Lipinski definition) is 10. The summed E-state index contributed by atoms with van der Waals surface area (Å²) in [5.41, 5.74) is 7.96. The van der Waals surface area contributed by atoms with Gasteiger partial charge >= 0.3 is 12.1 Å². The van der Waals surface area contributed by atoms with Gasteiger partial charge in [0.1, 0.15) is 5.82 Å². The predicted octanol–water partition coefficient (Wildman–Crippen LogP) is 1.90. The maximum atomic E-state index is 12.7. The van der Waals surface area contributed by atoms with Gasteiger partial charge in [0.05, 0.1) is 19.8 Å². The highest BCUT2D eigenvalue weighted by molar-refractivity contribution is 6.00. The number of carbonyl (C=O) groups is 3. The quantitative estimate of drug-likeness (QED) is 0.255. The van der Waals surface area contributed by atoms with Gasteiger partial charge in [-0.15, -0.1) is 0 Å². The van der Waals surface area contributed by atoms with Crippen LogP contribution in [0.15, 0.2) is 48.5 Å². The van der Waals surface area contributed by atoms with Crippen LogP contribution in [0.1, 0.15) is 22.6 Å². The second-order valence-electron chi connectivity index (χ2n) is 11.7. The standard InChI is InChI=1S/C32H43N11O4/c1-40(2)15-12-34-29(44)24-6-10-26(11-7-24)36-32(46)35-25-8-4-23(5-9-25)28-37-27(38-31(39-28)43-18-20-47-21-19-43)22-41-13-3-14-42(17-16-41)30(33)45/h4-11H,3,12-22H2,1-2H3,(H2,33,45)(H,34,44)(H2,35,36,46). The monoisotopic (exact) mass is 645 g/mol. The average molecular weight is 646 g/mol. The van der Waals surface area contributed by atoms with Crippen molar-refractivity contribution < 1.29 is 19.1 Å². The summed E-state index contributed by atoms with van der Waals surface area (Å²) in [5, 5.41) is 8.50. The van der Waals surface area contributed by atoms with Gasteiger partial charge in [-0.3, -0.25) is 9.69 Å². The van der Waals surface area contributed by atoms with E-state index in [4.69, 9.17) is 25.4 Å². The summed E-state index contributed by atoms with van der Waals surface area (Å²) in [5.74, 6) is 1.61. The fraction of sp³-hybridized carbons (Fsp3) is 0.438. The van der Waals surface area contributed by atoms with Crippen molar-refractivity contribution in [3.8, 4) is 11.4 Å². The van der Waals surface area contributed by atoms with Crippen LogP contribution in [0, 0.1) is 0 Å². The van der Waals surface area contributed by atoms with E-state index < -0.39 is 12.1 Å². The first kappa shape index (κ1) is 33.5. The molecule has 5 N–H and O–H groups in total. The molecule has 0 atom stereocenters. The van der Waals surface area contributed by atoms with E-state index in [2.05, 4.69) is 25.8 Å². The highest BCUT2D eigenvalue weighted by atomic mass is 16.5. The number of rotatable bonds is 10. The van der Waals surface area contributed by atoms with Gasteiger partial charge in [-0.25, -0.2) is 14.6 Å². The SMILES string of the molecule is CN(C)CCNC(=O)c1ccc(NC(=O)Nc2ccc(-c3nc(CN4CCCN(C(N)=O)CC4)nc(N4CCOCC4)n3)cc2)cc1. The number of amides is 5. The summed E-state index contributed by atoms with van der Waals surface area (Å²) in [6.07, 6.45) is 0.818. The van der Waals surface area contributed by atoms with E-state index in [1.54, 1.807) is 41.3 Å². The molecular formula is C32H43N11O4. The van der Waals surface area contributed by atoms with Crippen molar-refractivity contribution in [2.75, 3.05) is 95.2 Å². The minimum atomic E-state index is -0.412. The van der Waals surface area contributed by atoms with Crippen LogP contribution >= 0.6 is 0 Å². The molecule has 0 aliphatic carbocycles. The van der Waals surface area contributed by atoms with E-state index in [0.29, 0.717) is 93.6 Å². The van der Waals surface area contributed by atoms with E-state index >= 15 is 0 Å². The third kappa shape index (κ3) is 9.81. The zero-order chi connectivity index (χ0) is 33.2. The summed E-state index contributed by atoms with van der Waals surface area (Å²) in [6.45, 7) is 7.06. The Hall–Kier alpha value is -4.86. The van der Waals surface area contributed by atoms with Crippen LogP contribution in [0.25, 0.3) is 11.4 Å². The Morgan fingerprint density at radius 2 is 1.53 bits per heavy atom. The number of benzene rings is 2. The molecule has 2 aliphatic heterocycles. The van der Waals surface area contributed by atoms with Gasteiger partial charge in [0.2, 0.25) is 5.95 Å². The first-order valence-corrected chi connectivity index (χ1v) is 15.8. The molecular weight excluding hydrogens is 602 g/mol. The number of nitrogens with two attached hydrogens (primary N) is 1. The van der Waals surface area contributed by atoms with Crippen LogP contribution in [0.2, 0.25) is 0 Å². The van der Waals surface area contributed by atoms with Crippen LogP contribution in [0.5, 0.6) is 0 Å². The number of likely N-dealkylation sites (N-methyl/N-ethyl adjacent to an activating group) is 1. The molecule has 0 unspecified atom stereocenters. The zero-order valence-corrected chi connectivity index (χ0v) is 26.9. The number of carbonyl (C=O) groups excluding carboxylic acids is 3. The number of aromatic nitrogens is 3. The molecule has 5 amide bonds. The highest BCUT2D eigenvalue weighted by Gasteiger charge is 2.21. The Bertz CT molecular complexity index is 1510. The third-order valence-electron chi connectivity index (χ3n) is 7.88. The third-order valence-corrected chi connectivity index (χ3v) is 7.88. The molecule has 250 valence electrons. The molecule has 0 saturated carbocycles. The van der Waals surface area contributed by atoms with Crippen molar-refractivity contribution in [3.63, 3.8) is 0 Å². The summed E-state index contributed by atoms with van der Waals surface area (Å²) in [7, 11) is 3.89. The van der Waals surface area contributed by atoms with E-state index in [0.717, 1.165) is 25.1 Å². The number of nitrogens with one attached hydrogen (secondary N) is 3. The summed E-state index contributed by atoms with van der Waals surface area (Å²) < 4.78 is 5.53. The maximum Gasteiger partial charge on any atom is 0.323 e. The molecule has 2 aliphatic rings. The molecule has 15 heteroatoms. The van der Waals surface area contributed by atoms with Crippen LogP contribution in [-0.2, 0) is 11.3 Å². The largest absolute Gasteiger partial charge is 0.378 e. The Kier molecular flexibility index (Phi) is 11.5. The summed E-state index contributed by atoms with van der Waals surface area (Å²) in [6, 6.07) is 13.2. The molecule has 2 saturated heterocycles. The number of hydrogen-bond donors (Lipinski definition) is 4. The fourth-order valence-electron chi connectivity index (χ4n) is 5.26. The molecule has 15 nitrogen and oxygen atoms in total. The number of ether oxygens (including phenoxy) is 1.